The molecule has 0 aliphatic carbocycles. The van der Waals surface area contributed by atoms with Crippen molar-refractivity contribution in [2.75, 3.05) is 24.7 Å². The molecule has 7 nitrogen and oxygen atoms in total. The molecular formula is C20H28N4O3S2. The SMILES string of the molecule is CSc1cccc(NC(=O)CCn2nc(C)c(S(=O)(=O)N3CCCCC3)c2C)c1. The van der Waals surface area contributed by atoms with Gasteiger partial charge < -0.3 is 5.32 Å². The first-order chi connectivity index (χ1) is 13.8. The lowest BCUT2D eigenvalue weighted by Gasteiger charge is -2.26. The van der Waals surface area contributed by atoms with Crippen molar-refractivity contribution >= 4 is 33.4 Å². The number of carbonyl (C=O) groups excluding carboxylic acids is 1. The molecule has 0 unspecified atom stereocenters. The molecule has 1 aliphatic rings. The Kier molecular flexibility index (Phi) is 7.02. The number of anilines is 1. The van der Waals surface area contributed by atoms with E-state index in [1.807, 2.05) is 30.5 Å². The van der Waals surface area contributed by atoms with Crippen molar-refractivity contribution in [1.29, 1.82) is 0 Å². The van der Waals surface area contributed by atoms with Gasteiger partial charge in [0.25, 0.3) is 0 Å². The monoisotopic (exact) mass is 436 g/mol. The van der Waals surface area contributed by atoms with Crippen LogP contribution in [0.25, 0.3) is 0 Å². The summed E-state index contributed by atoms with van der Waals surface area (Å²) >= 11 is 1.61. The van der Waals surface area contributed by atoms with Crippen LogP contribution in [0.2, 0.25) is 0 Å². The average Bonchev–Trinajstić information content (AvgIpc) is 3.01. The number of nitrogens with zero attached hydrogens (tertiary/aromatic N) is 3. The number of nitrogens with one attached hydrogen (secondary N) is 1. The number of hydrogen-bond acceptors (Lipinski definition) is 5. The van der Waals surface area contributed by atoms with E-state index in [1.165, 1.54) is 0 Å². The lowest BCUT2D eigenvalue weighted by atomic mass is 10.2. The fourth-order valence-electron chi connectivity index (χ4n) is 3.64. The van der Waals surface area contributed by atoms with E-state index in [9.17, 15) is 13.2 Å². The summed E-state index contributed by atoms with van der Waals surface area (Å²) in [6.45, 7) is 4.93. The van der Waals surface area contributed by atoms with Crippen LogP contribution in [0.5, 0.6) is 0 Å². The second kappa shape index (κ2) is 9.32. The lowest BCUT2D eigenvalue weighted by Crippen LogP contribution is -2.36. The van der Waals surface area contributed by atoms with E-state index >= 15 is 0 Å². The van der Waals surface area contributed by atoms with Gasteiger partial charge in [-0.2, -0.15) is 9.40 Å². The Balaban J connectivity index is 1.69. The van der Waals surface area contributed by atoms with E-state index in [4.69, 9.17) is 0 Å². The summed E-state index contributed by atoms with van der Waals surface area (Å²) in [6.07, 6.45) is 5.05. The molecular weight excluding hydrogens is 408 g/mol. The molecule has 1 saturated heterocycles. The van der Waals surface area contributed by atoms with Crippen molar-refractivity contribution in [1.82, 2.24) is 14.1 Å². The smallest absolute Gasteiger partial charge is 0.246 e. The number of aromatic nitrogens is 2. The van der Waals surface area contributed by atoms with Crippen LogP contribution >= 0.6 is 11.8 Å². The molecule has 1 aromatic carbocycles. The number of carbonyl (C=O) groups is 1. The molecule has 9 heteroatoms. The van der Waals surface area contributed by atoms with Crippen LogP contribution in [-0.4, -0.2) is 47.8 Å². The molecule has 0 spiro atoms. The minimum Gasteiger partial charge on any atom is -0.326 e. The van der Waals surface area contributed by atoms with Gasteiger partial charge in [0.1, 0.15) is 4.90 Å². The van der Waals surface area contributed by atoms with Crippen molar-refractivity contribution < 1.29 is 13.2 Å². The normalized spacial score (nSPS) is 15.4. The highest BCUT2D eigenvalue weighted by atomic mass is 32.2. The lowest BCUT2D eigenvalue weighted by molar-refractivity contribution is -0.116. The molecule has 29 heavy (non-hydrogen) atoms. The Morgan fingerprint density at radius 1 is 1.21 bits per heavy atom. The van der Waals surface area contributed by atoms with Gasteiger partial charge in [-0.3, -0.25) is 9.48 Å². The number of amides is 1. The molecule has 2 heterocycles. The predicted molar refractivity (Wildman–Crippen MR) is 116 cm³/mol. The fraction of sp³-hybridized carbons (Fsp3) is 0.500. The minimum absolute atomic E-state index is 0.128. The second-order valence-corrected chi connectivity index (χ2v) is 9.97. The van der Waals surface area contributed by atoms with Crippen LogP contribution in [0.3, 0.4) is 0 Å². The van der Waals surface area contributed by atoms with E-state index in [0.29, 0.717) is 31.0 Å². The third kappa shape index (κ3) is 5.02. The number of piperidine rings is 1. The molecule has 2 aromatic rings. The van der Waals surface area contributed by atoms with Gasteiger partial charge in [0.15, 0.2) is 0 Å². The summed E-state index contributed by atoms with van der Waals surface area (Å²) in [4.78, 5) is 13.7. The van der Waals surface area contributed by atoms with Crippen LogP contribution in [0.15, 0.2) is 34.1 Å². The third-order valence-corrected chi connectivity index (χ3v) is 8.01. The highest BCUT2D eigenvalue weighted by Gasteiger charge is 2.31. The Morgan fingerprint density at radius 2 is 1.93 bits per heavy atom. The van der Waals surface area contributed by atoms with E-state index in [0.717, 1.165) is 29.8 Å². The zero-order valence-corrected chi connectivity index (χ0v) is 18.8. The van der Waals surface area contributed by atoms with Gasteiger partial charge in [0, 0.05) is 30.1 Å². The van der Waals surface area contributed by atoms with Crippen molar-refractivity contribution in [3.63, 3.8) is 0 Å². The maximum atomic E-state index is 13.1. The van der Waals surface area contributed by atoms with Gasteiger partial charge >= 0.3 is 0 Å². The van der Waals surface area contributed by atoms with Crippen LogP contribution in [0, 0.1) is 13.8 Å². The molecule has 1 aliphatic heterocycles. The van der Waals surface area contributed by atoms with Gasteiger partial charge in [-0.25, -0.2) is 8.42 Å². The quantitative estimate of drug-likeness (QED) is 0.672. The molecule has 1 N–H and O–H groups in total. The van der Waals surface area contributed by atoms with Crippen LogP contribution in [0.1, 0.15) is 37.1 Å². The van der Waals surface area contributed by atoms with Crippen molar-refractivity contribution in [2.24, 2.45) is 0 Å². The number of rotatable bonds is 7. The summed E-state index contributed by atoms with van der Waals surface area (Å²) in [5.41, 5.74) is 1.83. The standard InChI is InChI=1S/C20H28N4O3S2/c1-15-20(29(26,27)23-11-5-4-6-12-23)16(2)24(22-15)13-10-19(25)21-17-8-7-9-18(14-17)28-3/h7-9,14H,4-6,10-13H2,1-3H3,(H,21,25). The molecule has 0 radical (unpaired) electrons. The largest absolute Gasteiger partial charge is 0.326 e. The summed E-state index contributed by atoms with van der Waals surface area (Å²) < 4.78 is 29.3. The van der Waals surface area contributed by atoms with Crippen molar-refractivity contribution in [2.45, 2.75) is 55.9 Å². The number of thioether (sulfide) groups is 1. The van der Waals surface area contributed by atoms with Crippen molar-refractivity contribution in [3.05, 3.63) is 35.7 Å². The van der Waals surface area contributed by atoms with Gasteiger partial charge in [0.2, 0.25) is 15.9 Å². The number of hydrogen-bond donors (Lipinski definition) is 1. The molecule has 1 aromatic heterocycles. The number of benzene rings is 1. The van der Waals surface area contributed by atoms with Gasteiger partial charge in [-0.15, -0.1) is 11.8 Å². The Hall–Kier alpha value is -1.84. The zero-order chi connectivity index (χ0) is 21.0. The van der Waals surface area contributed by atoms with Crippen molar-refractivity contribution in [3.8, 4) is 0 Å². The maximum absolute atomic E-state index is 13.1. The first-order valence-corrected chi connectivity index (χ1v) is 12.5. The first kappa shape index (κ1) is 21.9. The Bertz CT molecular complexity index is 980. The zero-order valence-electron chi connectivity index (χ0n) is 17.1. The van der Waals surface area contributed by atoms with Gasteiger partial charge in [-0.1, -0.05) is 12.5 Å². The van der Waals surface area contributed by atoms with Crippen LogP contribution < -0.4 is 5.32 Å². The minimum atomic E-state index is -3.55. The highest BCUT2D eigenvalue weighted by molar-refractivity contribution is 7.98. The Labute approximate surface area is 176 Å². The van der Waals surface area contributed by atoms with E-state index in [1.54, 1.807) is 34.6 Å². The topological polar surface area (TPSA) is 84.3 Å². The van der Waals surface area contributed by atoms with Crippen LogP contribution in [-0.2, 0) is 21.4 Å². The summed E-state index contributed by atoms with van der Waals surface area (Å²) in [5, 5.41) is 7.30. The first-order valence-electron chi connectivity index (χ1n) is 9.81. The number of aryl methyl sites for hydroxylation is 2. The number of sulfonamides is 1. The molecule has 1 fully saturated rings. The summed E-state index contributed by atoms with van der Waals surface area (Å²) in [5.74, 6) is -0.128. The molecule has 0 atom stereocenters. The van der Waals surface area contributed by atoms with Gasteiger partial charge in [0.05, 0.1) is 17.9 Å². The van der Waals surface area contributed by atoms with E-state index in [2.05, 4.69) is 10.4 Å². The summed E-state index contributed by atoms with van der Waals surface area (Å²) in [6, 6.07) is 7.67. The second-order valence-electron chi connectivity index (χ2n) is 7.22. The molecule has 0 saturated carbocycles. The average molecular weight is 437 g/mol. The fourth-order valence-corrected chi connectivity index (χ4v) is 5.99. The highest BCUT2D eigenvalue weighted by Crippen LogP contribution is 2.26. The predicted octanol–water partition coefficient (Wildman–Crippen LogP) is 3.43. The van der Waals surface area contributed by atoms with Crippen LogP contribution in [0.4, 0.5) is 5.69 Å². The maximum Gasteiger partial charge on any atom is 0.246 e. The molecule has 158 valence electrons. The molecule has 0 bridgehead atoms. The van der Waals surface area contributed by atoms with Gasteiger partial charge in [-0.05, 0) is 51.1 Å². The molecule has 3 rings (SSSR count). The third-order valence-electron chi connectivity index (χ3n) is 5.13. The molecule has 1 amide bonds. The summed E-state index contributed by atoms with van der Waals surface area (Å²) in [7, 11) is -3.55. The Morgan fingerprint density at radius 3 is 2.62 bits per heavy atom. The van der Waals surface area contributed by atoms with E-state index in [-0.39, 0.29) is 17.2 Å². The van der Waals surface area contributed by atoms with E-state index < -0.39 is 10.0 Å².